The van der Waals surface area contributed by atoms with Crippen LogP contribution in [0.3, 0.4) is 0 Å². The van der Waals surface area contributed by atoms with Crippen LogP contribution >= 0.6 is 11.6 Å². The van der Waals surface area contributed by atoms with E-state index in [1.165, 1.54) is 30.2 Å². The molecule has 0 radical (unpaired) electrons. The van der Waals surface area contributed by atoms with Crippen LogP contribution in [0.4, 0.5) is 23.8 Å². The number of nitrogens with zero attached hydrogens (tertiary/aromatic N) is 6. The summed E-state index contributed by atoms with van der Waals surface area (Å²) in [6.45, 7) is 7.16. The van der Waals surface area contributed by atoms with Crippen molar-refractivity contribution in [3.8, 4) is 17.6 Å². The number of alkyl halides is 3. The standard InChI is InChI=1S/C24H21ClF3N7O3/c1-4-17-19(32-35(21(17)31-2)23(37)33(3)8-6-29)13-34-7-5-18(24(26,27)28)20(22(34)36)38-16-10-14(12-30)9-15(25)11-16/h4-5,7,9-11H,1-2,6,8,13,29H2,3H3. The minimum atomic E-state index is -4.93. The Bertz CT molecular complexity index is 1510. The molecule has 0 saturated carbocycles. The average molecular weight is 548 g/mol. The molecule has 0 aliphatic rings. The molecule has 0 atom stereocenters. The summed E-state index contributed by atoms with van der Waals surface area (Å²) in [5, 5.41) is 13.4. The van der Waals surface area contributed by atoms with Crippen LogP contribution in [0.2, 0.25) is 5.02 Å². The summed E-state index contributed by atoms with van der Waals surface area (Å²) in [6.07, 6.45) is -2.68. The predicted octanol–water partition coefficient (Wildman–Crippen LogP) is 4.26. The Morgan fingerprint density at radius 2 is 2.11 bits per heavy atom. The first kappa shape index (κ1) is 28.2. The van der Waals surface area contributed by atoms with Crippen molar-refractivity contribution in [1.82, 2.24) is 19.2 Å². The van der Waals surface area contributed by atoms with E-state index in [1.807, 2.05) is 0 Å². The molecule has 1 amide bonds. The number of benzene rings is 1. The Morgan fingerprint density at radius 1 is 1.39 bits per heavy atom. The highest BCUT2D eigenvalue weighted by molar-refractivity contribution is 6.30. The maximum atomic E-state index is 13.8. The first-order valence-electron chi connectivity index (χ1n) is 10.8. The van der Waals surface area contributed by atoms with Gasteiger partial charge in [-0.25, -0.2) is 9.79 Å². The molecular weight excluding hydrogens is 527 g/mol. The minimum Gasteiger partial charge on any atom is -0.451 e. The molecule has 0 saturated heterocycles. The lowest BCUT2D eigenvalue weighted by Gasteiger charge is -2.16. The summed E-state index contributed by atoms with van der Waals surface area (Å²) >= 11 is 5.93. The number of carbonyl (C=O) groups excluding carboxylic acids is 1. The predicted molar refractivity (Wildman–Crippen MR) is 135 cm³/mol. The molecule has 14 heteroatoms. The van der Waals surface area contributed by atoms with Crippen LogP contribution in [0, 0.1) is 11.3 Å². The van der Waals surface area contributed by atoms with Crippen LogP contribution in [0.15, 0.2) is 46.8 Å². The van der Waals surface area contributed by atoms with Gasteiger partial charge in [0.15, 0.2) is 5.82 Å². The summed E-state index contributed by atoms with van der Waals surface area (Å²) in [5.41, 5.74) is 3.40. The number of halogens is 4. The molecule has 0 fully saturated rings. The SMILES string of the molecule is C=Cc1c(Cn2ccc(C(F)(F)F)c(Oc3cc(Cl)cc(C#N)c3)c2=O)nn(C(=O)N(C)CCN)c1N=C. The number of aliphatic imine (C=N–C) groups is 1. The lowest BCUT2D eigenvalue weighted by atomic mass is 10.2. The number of hydrogen-bond acceptors (Lipinski definition) is 7. The molecule has 0 unspecified atom stereocenters. The first-order valence-corrected chi connectivity index (χ1v) is 11.2. The van der Waals surface area contributed by atoms with Gasteiger partial charge in [0, 0.05) is 36.9 Å². The van der Waals surface area contributed by atoms with Crippen molar-refractivity contribution in [1.29, 1.82) is 5.26 Å². The van der Waals surface area contributed by atoms with Gasteiger partial charge < -0.3 is 19.9 Å². The maximum Gasteiger partial charge on any atom is 0.420 e. The van der Waals surface area contributed by atoms with E-state index in [-0.39, 0.29) is 53.0 Å². The Hall–Kier alpha value is -4.41. The Labute approximate surface area is 219 Å². The number of nitriles is 1. The van der Waals surface area contributed by atoms with Gasteiger partial charge in [0.2, 0.25) is 5.75 Å². The van der Waals surface area contributed by atoms with E-state index >= 15 is 0 Å². The van der Waals surface area contributed by atoms with E-state index in [2.05, 4.69) is 23.4 Å². The van der Waals surface area contributed by atoms with E-state index in [0.29, 0.717) is 6.07 Å². The summed E-state index contributed by atoms with van der Waals surface area (Å²) in [7, 11) is 1.49. The van der Waals surface area contributed by atoms with Crippen molar-refractivity contribution in [2.24, 2.45) is 10.7 Å². The second-order valence-electron chi connectivity index (χ2n) is 7.83. The topological polar surface area (TPSA) is 132 Å². The highest BCUT2D eigenvalue weighted by Gasteiger charge is 2.37. The zero-order valence-electron chi connectivity index (χ0n) is 20.0. The molecule has 0 bridgehead atoms. The average Bonchev–Trinajstić information content (AvgIpc) is 3.22. The number of aromatic nitrogens is 3. The fourth-order valence-corrected chi connectivity index (χ4v) is 3.72. The molecule has 3 rings (SSSR count). The van der Waals surface area contributed by atoms with E-state index in [0.717, 1.165) is 21.5 Å². The zero-order valence-corrected chi connectivity index (χ0v) is 20.8. The molecule has 38 heavy (non-hydrogen) atoms. The number of nitrogens with two attached hydrogens (primary N) is 1. The van der Waals surface area contributed by atoms with Crippen molar-refractivity contribution >= 4 is 36.2 Å². The van der Waals surface area contributed by atoms with Gasteiger partial charge in [0.1, 0.15) is 11.3 Å². The van der Waals surface area contributed by atoms with Crippen molar-refractivity contribution in [3.63, 3.8) is 0 Å². The summed E-state index contributed by atoms with van der Waals surface area (Å²) < 4.78 is 48.5. The third-order valence-corrected chi connectivity index (χ3v) is 5.48. The largest absolute Gasteiger partial charge is 0.451 e. The zero-order chi connectivity index (χ0) is 28.2. The molecule has 2 heterocycles. The first-order chi connectivity index (χ1) is 17.9. The third kappa shape index (κ3) is 5.77. The molecule has 10 nitrogen and oxygen atoms in total. The number of ether oxygens (including phenoxy) is 1. The van der Waals surface area contributed by atoms with E-state index < -0.39 is 29.1 Å². The van der Waals surface area contributed by atoms with Crippen LogP contribution in [0.5, 0.6) is 11.5 Å². The molecule has 2 N–H and O–H groups in total. The number of pyridine rings is 1. The van der Waals surface area contributed by atoms with Crippen molar-refractivity contribution in [2.75, 3.05) is 20.1 Å². The molecule has 0 aliphatic carbocycles. The maximum absolute atomic E-state index is 13.8. The number of rotatable bonds is 8. The number of amides is 1. The Kier molecular flexibility index (Phi) is 8.39. The normalized spacial score (nSPS) is 11.1. The lowest BCUT2D eigenvalue weighted by molar-refractivity contribution is -0.138. The number of carbonyl (C=O) groups is 1. The monoisotopic (exact) mass is 547 g/mol. The van der Waals surface area contributed by atoms with E-state index in [1.54, 1.807) is 6.07 Å². The lowest BCUT2D eigenvalue weighted by Crippen LogP contribution is -2.35. The third-order valence-electron chi connectivity index (χ3n) is 5.27. The Morgan fingerprint density at radius 3 is 2.68 bits per heavy atom. The van der Waals surface area contributed by atoms with Gasteiger partial charge in [-0.1, -0.05) is 24.3 Å². The molecule has 198 valence electrons. The van der Waals surface area contributed by atoms with Crippen LogP contribution in [0.25, 0.3) is 6.08 Å². The molecule has 3 aromatic rings. The van der Waals surface area contributed by atoms with Crippen LogP contribution in [0.1, 0.15) is 22.4 Å². The summed E-state index contributed by atoms with van der Waals surface area (Å²) in [6, 6.07) is 5.48. The highest BCUT2D eigenvalue weighted by atomic mass is 35.5. The Balaban J connectivity index is 2.13. The van der Waals surface area contributed by atoms with E-state index in [9.17, 15) is 22.8 Å². The number of hydrogen-bond donors (Lipinski definition) is 1. The van der Waals surface area contributed by atoms with Crippen LogP contribution < -0.4 is 16.0 Å². The van der Waals surface area contributed by atoms with Gasteiger partial charge in [-0.15, -0.1) is 0 Å². The molecule has 2 aromatic heterocycles. The molecule has 0 aliphatic heterocycles. The van der Waals surface area contributed by atoms with Gasteiger partial charge in [0.05, 0.1) is 23.9 Å². The fourth-order valence-electron chi connectivity index (χ4n) is 3.49. The smallest absolute Gasteiger partial charge is 0.420 e. The van der Waals surface area contributed by atoms with Gasteiger partial charge in [-0.05, 0) is 31.0 Å². The number of likely N-dealkylation sites (N-methyl/N-ethyl adjacent to an activating group) is 1. The minimum absolute atomic E-state index is 0.0206. The van der Waals surface area contributed by atoms with Gasteiger partial charge in [-0.2, -0.15) is 28.2 Å². The van der Waals surface area contributed by atoms with E-state index in [4.69, 9.17) is 27.3 Å². The quantitative estimate of drug-likeness (QED) is 0.419. The second-order valence-corrected chi connectivity index (χ2v) is 8.27. The van der Waals surface area contributed by atoms with Crippen molar-refractivity contribution < 1.29 is 22.7 Å². The van der Waals surface area contributed by atoms with Crippen LogP contribution in [-0.4, -0.2) is 52.1 Å². The fraction of sp³-hybridized carbons (Fsp3) is 0.208. The van der Waals surface area contributed by atoms with Gasteiger partial charge >= 0.3 is 12.2 Å². The van der Waals surface area contributed by atoms with Crippen molar-refractivity contribution in [2.45, 2.75) is 12.7 Å². The van der Waals surface area contributed by atoms with Gasteiger partial charge in [0.25, 0.3) is 5.56 Å². The highest BCUT2D eigenvalue weighted by Crippen LogP contribution is 2.37. The molecule has 1 aromatic carbocycles. The van der Waals surface area contributed by atoms with Crippen LogP contribution in [-0.2, 0) is 12.7 Å². The van der Waals surface area contributed by atoms with Gasteiger partial charge in [-0.3, -0.25) is 4.79 Å². The van der Waals surface area contributed by atoms with Crippen molar-refractivity contribution in [3.05, 3.63) is 74.8 Å². The molecular formula is C24H21ClF3N7O3. The second kappa shape index (κ2) is 11.3. The summed E-state index contributed by atoms with van der Waals surface area (Å²) in [5.74, 6) is -1.24. The summed E-state index contributed by atoms with van der Waals surface area (Å²) in [4.78, 5) is 31.2. The molecule has 0 spiro atoms.